The quantitative estimate of drug-likeness (QED) is 0.626. The molecular weight excluding hydrogens is 319 g/mol. The molecule has 0 N–H and O–H groups in total. The van der Waals surface area contributed by atoms with Gasteiger partial charge in [-0.25, -0.2) is 0 Å². The van der Waals surface area contributed by atoms with Crippen molar-refractivity contribution < 1.29 is 46.9 Å². The summed E-state index contributed by atoms with van der Waals surface area (Å²) in [4.78, 5) is 21.8. The van der Waals surface area contributed by atoms with Crippen LogP contribution in [0.2, 0.25) is 0 Å². The normalized spacial score (nSPS) is 8.69. The fourth-order valence-electron chi connectivity index (χ4n) is 0.952. The number of rotatable bonds is 3. The molecule has 0 aromatic heterocycles. The minimum Gasteiger partial charge on any atom is -0.300 e. The number of hydrogen-bond donors (Lipinski definition) is 0. The van der Waals surface area contributed by atoms with Gasteiger partial charge in [-0.15, -0.1) is 0 Å². The molecule has 1 rings (SSSR count). The van der Waals surface area contributed by atoms with Crippen LogP contribution in [-0.4, -0.2) is 11.6 Å². The Morgan fingerprint density at radius 2 is 1.69 bits per heavy atom. The number of Topliss-reactive ketones (excluding diaryl/α,β-unsaturated/α-hetero) is 2. The third-order valence-electron chi connectivity index (χ3n) is 1.51. The molecule has 3 heteroatoms. The maximum Gasteiger partial charge on any atom is 0.170 e. The fourth-order valence-corrected chi connectivity index (χ4v) is 0.952. The van der Waals surface area contributed by atoms with Gasteiger partial charge in [0, 0.05) is 42.9 Å². The molecule has 0 fully saturated rings. The van der Waals surface area contributed by atoms with E-state index in [4.69, 9.17) is 0 Å². The largest absolute Gasteiger partial charge is 0.300 e. The maximum absolute atomic E-state index is 11.2. The molecule has 0 saturated carbocycles. The molecule has 0 unspecified atom stereocenters. The molecule has 1 aromatic carbocycles. The van der Waals surface area contributed by atoms with Gasteiger partial charge in [0.2, 0.25) is 0 Å². The number of carbonyl (C=O) groups is 2. The van der Waals surface area contributed by atoms with E-state index in [1.54, 1.807) is 24.3 Å². The molecule has 0 heterocycles. The van der Waals surface area contributed by atoms with Crippen molar-refractivity contribution in [1.82, 2.24) is 0 Å². The van der Waals surface area contributed by atoms with Crippen molar-refractivity contribution >= 4 is 11.6 Å². The van der Waals surface area contributed by atoms with Crippen LogP contribution in [0.15, 0.2) is 30.3 Å². The Bertz CT molecular complexity index is 293. The first kappa shape index (κ1) is 12.8. The van der Waals surface area contributed by atoms with Crippen LogP contribution in [-0.2, 0) is 4.79 Å². The van der Waals surface area contributed by atoms with Gasteiger partial charge in [-0.1, -0.05) is 30.3 Å². The van der Waals surface area contributed by atoms with Gasteiger partial charge in [0.25, 0.3) is 0 Å². The predicted octanol–water partition coefficient (Wildman–Crippen LogP) is 1.85. The van der Waals surface area contributed by atoms with Crippen LogP contribution < -0.4 is 0 Å². The van der Waals surface area contributed by atoms with E-state index in [9.17, 15) is 9.59 Å². The molecule has 0 amide bonds. The van der Waals surface area contributed by atoms with Crippen LogP contribution in [0.5, 0.6) is 0 Å². The molecule has 1 aromatic rings. The van der Waals surface area contributed by atoms with Gasteiger partial charge in [0.05, 0.1) is 6.42 Å². The van der Waals surface area contributed by atoms with E-state index in [1.165, 1.54) is 6.92 Å². The molecule has 0 saturated heterocycles. The number of benzene rings is 1. The number of carbonyl (C=O) groups excluding carboxylic acids is 2. The van der Waals surface area contributed by atoms with E-state index in [0.29, 0.717) is 5.56 Å². The first-order valence-corrected chi connectivity index (χ1v) is 3.78. The van der Waals surface area contributed by atoms with E-state index >= 15 is 0 Å². The first-order chi connectivity index (χ1) is 5.70. The summed E-state index contributed by atoms with van der Waals surface area (Å²) in [5.74, 6) is -0.202. The molecule has 13 heavy (non-hydrogen) atoms. The van der Waals surface area contributed by atoms with E-state index in [2.05, 4.69) is 0 Å². The minimum atomic E-state index is -0.108. The Balaban J connectivity index is 0.00000144. The molecule has 0 atom stereocenters. The second-order valence-corrected chi connectivity index (χ2v) is 2.67. The summed E-state index contributed by atoms with van der Waals surface area (Å²) >= 11 is 0. The molecule has 0 bridgehead atoms. The standard InChI is InChI=1S/C10H10O2.Er/c1-8(11)7-10(12)9-5-3-2-4-6-9;/h2-6H,7H2,1H3;. The van der Waals surface area contributed by atoms with Crippen molar-refractivity contribution in [3.63, 3.8) is 0 Å². The molecule has 74 valence electrons. The van der Waals surface area contributed by atoms with Crippen molar-refractivity contribution in [2.75, 3.05) is 0 Å². The summed E-state index contributed by atoms with van der Waals surface area (Å²) in [5.41, 5.74) is 0.604. The Labute approximate surface area is 107 Å². The maximum atomic E-state index is 11.2. The average Bonchev–Trinajstić information content (AvgIpc) is 2.05. The fraction of sp³-hybridized carbons (Fsp3) is 0.200. The average molecular weight is 329 g/mol. The van der Waals surface area contributed by atoms with Gasteiger partial charge >= 0.3 is 0 Å². The third-order valence-corrected chi connectivity index (χ3v) is 1.51. The summed E-state index contributed by atoms with van der Waals surface area (Å²) in [5, 5.41) is 0. The van der Waals surface area contributed by atoms with Crippen molar-refractivity contribution in [3.05, 3.63) is 35.9 Å². The Kier molecular flexibility index (Phi) is 6.20. The van der Waals surface area contributed by atoms with Crippen LogP contribution in [0.4, 0.5) is 0 Å². The SMILES string of the molecule is CC(=O)CC(=O)c1ccccc1.[Er]. The van der Waals surface area contributed by atoms with Crippen LogP contribution in [0, 0.1) is 37.3 Å². The molecule has 0 spiro atoms. The second kappa shape index (κ2) is 6.29. The molecule has 2 nitrogen and oxygen atoms in total. The molecular formula is C10H10ErO2. The third kappa shape index (κ3) is 4.54. The monoisotopic (exact) mass is 328 g/mol. The molecule has 0 aliphatic heterocycles. The van der Waals surface area contributed by atoms with Gasteiger partial charge < -0.3 is 0 Å². The molecule has 0 aliphatic carbocycles. The van der Waals surface area contributed by atoms with Crippen LogP contribution in [0.25, 0.3) is 0 Å². The van der Waals surface area contributed by atoms with Crippen molar-refractivity contribution in [3.8, 4) is 0 Å². The van der Waals surface area contributed by atoms with Gasteiger partial charge in [-0.05, 0) is 6.92 Å². The zero-order chi connectivity index (χ0) is 8.97. The van der Waals surface area contributed by atoms with E-state index < -0.39 is 0 Å². The van der Waals surface area contributed by atoms with Crippen molar-refractivity contribution in [1.29, 1.82) is 0 Å². The van der Waals surface area contributed by atoms with Crippen LogP contribution in [0.1, 0.15) is 23.7 Å². The van der Waals surface area contributed by atoms with Gasteiger partial charge in [-0.3, -0.25) is 9.59 Å². The molecule has 0 aliphatic rings. The Morgan fingerprint density at radius 3 is 2.15 bits per heavy atom. The van der Waals surface area contributed by atoms with E-state index in [1.807, 2.05) is 6.07 Å². The summed E-state index contributed by atoms with van der Waals surface area (Å²) < 4.78 is 0. The van der Waals surface area contributed by atoms with Crippen LogP contribution >= 0.6 is 0 Å². The van der Waals surface area contributed by atoms with Crippen molar-refractivity contribution in [2.45, 2.75) is 13.3 Å². The van der Waals surface area contributed by atoms with Crippen molar-refractivity contribution in [2.24, 2.45) is 0 Å². The number of hydrogen-bond acceptors (Lipinski definition) is 2. The van der Waals surface area contributed by atoms with Crippen LogP contribution in [0.3, 0.4) is 0 Å². The summed E-state index contributed by atoms with van der Waals surface area (Å²) in [6.45, 7) is 1.42. The number of ketones is 2. The first-order valence-electron chi connectivity index (χ1n) is 3.78. The Morgan fingerprint density at radius 1 is 1.15 bits per heavy atom. The summed E-state index contributed by atoms with van der Waals surface area (Å²) in [7, 11) is 0. The Hall–Kier alpha value is -0.193. The zero-order valence-electron chi connectivity index (χ0n) is 7.20. The predicted molar refractivity (Wildman–Crippen MR) is 46.1 cm³/mol. The second-order valence-electron chi connectivity index (χ2n) is 2.67. The topological polar surface area (TPSA) is 34.1 Å². The smallest absolute Gasteiger partial charge is 0.170 e. The summed E-state index contributed by atoms with van der Waals surface area (Å²) in [6, 6.07) is 8.84. The van der Waals surface area contributed by atoms with Gasteiger partial charge in [0.1, 0.15) is 5.78 Å². The zero-order valence-corrected chi connectivity index (χ0v) is 9.05. The van der Waals surface area contributed by atoms with E-state index in [-0.39, 0.29) is 55.3 Å². The van der Waals surface area contributed by atoms with Gasteiger partial charge in [-0.2, -0.15) is 0 Å². The van der Waals surface area contributed by atoms with E-state index in [0.717, 1.165) is 0 Å². The molecule has 0 radical (unpaired) electrons. The minimum absolute atomic E-state index is 0. The summed E-state index contributed by atoms with van der Waals surface area (Å²) in [6.07, 6.45) is 0.00398. The van der Waals surface area contributed by atoms with Gasteiger partial charge in [0.15, 0.2) is 5.78 Å².